The van der Waals surface area contributed by atoms with E-state index < -0.39 is 0 Å². The molecule has 0 spiro atoms. The zero-order valence-corrected chi connectivity index (χ0v) is 10.4. The molecule has 0 amide bonds. The quantitative estimate of drug-likeness (QED) is 0.828. The summed E-state index contributed by atoms with van der Waals surface area (Å²) in [5.74, 6) is 1.94. The van der Waals surface area contributed by atoms with Crippen molar-refractivity contribution in [2.24, 2.45) is 11.1 Å². The Morgan fingerprint density at radius 1 is 1.40 bits per heavy atom. The van der Waals surface area contributed by atoms with Gasteiger partial charge in [-0.2, -0.15) is 0 Å². The monoisotopic (exact) mass is 210 g/mol. The molecule has 0 aromatic carbocycles. The number of hydrogen-bond acceptors (Lipinski definition) is 3. The highest BCUT2D eigenvalue weighted by Gasteiger charge is 2.33. The van der Waals surface area contributed by atoms with Crippen molar-refractivity contribution < 1.29 is 4.42 Å². The summed E-state index contributed by atoms with van der Waals surface area (Å²) in [6.07, 6.45) is 0. The predicted molar refractivity (Wildman–Crippen MR) is 62.7 cm³/mol. The van der Waals surface area contributed by atoms with Crippen LogP contribution in [0.4, 0.5) is 0 Å². The van der Waals surface area contributed by atoms with Gasteiger partial charge in [-0.25, -0.2) is 0 Å². The molecule has 0 saturated heterocycles. The van der Waals surface area contributed by atoms with Crippen LogP contribution in [0.25, 0.3) is 0 Å². The molecular formula is C12H22N2O. The van der Waals surface area contributed by atoms with E-state index in [0.29, 0.717) is 6.54 Å². The fourth-order valence-corrected chi connectivity index (χ4v) is 2.05. The molecule has 86 valence electrons. The molecule has 0 aliphatic rings. The molecule has 15 heavy (non-hydrogen) atoms. The smallest absolute Gasteiger partial charge is 0.121 e. The maximum absolute atomic E-state index is 5.82. The molecule has 1 aromatic rings. The van der Waals surface area contributed by atoms with Gasteiger partial charge in [0, 0.05) is 0 Å². The third kappa shape index (κ3) is 2.61. The first kappa shape index (κ1) is 12.3. The molecule has 1 atom stereocenters. The highest BCUT2D eigenvalue weighted by Crippen LogP contribution is 2.36. The fraction of sp³-hybridized carbons (Fsp3) is 0.667. The second kappa shape index (κ2) is 4.37. The molecule has 0 aliphatic heterocycles. The number of nitrogens with two attached hydrogens (primary N) is 1. The SMILES string of the molecule is Cc1ccc(C(N(C)C)C(C)(C)CN)o1. The van der Waals surface area contributed by atoms with Gasteiger partial charge in [0.15, 0.2) is 0 Å². The molecular weight excluding hydrogens is 188 g/mol. The van der Waals surface area contributed by atoms with Gasteiger partial charge in [0.25, 0.3) is 0 Å². The molecule has 0 saturated carbocycles. The van der Waals surface area contributed by atoms with Crippen LogP contribution in [0, 0.1) is 12.3 Å². The molecule has 2 N–H and O–H groups in total. The lowest BCUT2D eigenvalue weighted by molar-refractivity contribution is 0.120. The predicted octanol–water partition coefficient (Wildman–Crippen LogP) is 2.18. The Balaban J connectivity index is 3.03. The fourth-order valence-electron chi connectivity index (χ4n) is 2.05. The number of furan rings is 1. The molecule has 0 radical (unpaired) electrons. The van der Waals surface area contributed by atoms with Crippen LogP contribution in [0.2, 0.25) is 0 Å². The maximum Gasteiger partial charge on any atom is 0.121 e. The average molecular weight is 210 g/mol. The lowest BCUT2D eigenvalue weighted by Crippen LogP contribution is -2.38. The molecule has 3 heteroatoms. The van der Waals surface area contributed by atoms with Gasteiger partial charge in [0.05, 0.1) is 6.04 Å². The molecule has 3 nitrogen and oxygen atoms in total. The summed E-state index contributed by atoms with van der Waals surface area (Å²) in [5.41, 5.74) is 5.83. The van der Waals surface area contributed by atoms with Gasteiger partial charge in [-0.1, -0.05) is 13.8 Å². The minimum Gasteiger partial charge on any atom is -0.465 e. The van der Waals surface area contributed by atoms with E-state index in [-0.39, 0.29) is 11.5 Å². The molecule has 0 aliphatic carbocycles. The number of hydrogen-bond donors (Lipinski definition) is 1. The first-order valence-electron chi connectivity index (χ1n) is 5.31. The summed E-state index contributed by atoms with van der Waals surface area (Å²) in [7, 11) is 4.11. The summed E-state index contributed by atoms with van der Waals surface area (Å²) in [4.78, 5) is 2.16. The van der Waals surface area contributed by atoms with E-state index in [1.54, 1.807) is 0 Å². The third-order valence-electron chi connectivity index (χ3n) is 2.81. The Morgan fingerprint density at radius 3 is 2.33 bits per heavy atom. The molecule has 0 fully saturated rings. The standard InChI is InChI=1S/C12H22N2O/c1-9-6-7-10(15-9)11(14(4)5)12(2,3)8-13/h6-7,11H,8,13H2,1-5H3. The number of rotatable bonds is 4. The number of nitrogens with zero attached hydrogens (tertiary/aromatic N) is 1. The van der Waals surface area contributed by atoms with Gasteiger partial charge in [-0.05, 0) is 45.1 Å². The normalized spacial score (nSPS) is 14.6. The van der Waals surface area contributed by atoms with Crippen LogP contribution >= 0.6 is 0 Å². The number of aryl methyl sites for hydroxylation is 1. The first-order valence-corrected chi connectivity index (χ1v) is 5.31. The van der Waals surface area contributed by atoms with Gasteiger partial charge < -0.3 is 10.2 Å². The lowest BCUT2D eigenvalue weighted by atomic mass is 9.82. The minimum absolute atomic E-state index is 0.00773. The molecule has 0 bridgehead atoms. The Morgan fingerprint density at radius 2 is 2.00 bits per heavy atom. The summed E-state index contributed by atoms with van der Waals surface area (Å²) in [6, 6.07) is 4.26. The van der Waals surface area contributed by atoms with Crippen molar-refractivity contribution in [2.75, 3.05) is 20.6 Å². The van der Waals surface area contributed by atoms with E-state index in [0.717, 1.165) is 11.5 Å². The van der Waals surface area contributed by atoms with Gasteiger partial charge in [-0.3, -0.25) is 4.90 Å². The van der Waals surface area contributed by atoms with Gasteiger partial charge >= 0.3 is 0 Å². The van der Waals surface area contributed by atoms with E-state index in [1.165, 1.54) is 0 Å². The lowest BCUT2D eigenvalue weighted by Gasteiger charge is -2.36. The third-order valence-corrected chi connectivity index (χ3v) is 2.81. The average Bonchev–Trinajstić information content (AvgIpc) is 2.51. The van der Waals surface area contributed by atoms with E-state index >= 15 is 0 Å². The topological polar surface area (TPSA) is 42.4 Å². The Labute approximate surface area is 92.2 Å². The summed E-state index contributed by atoms with van der Waals surface area (Å²) < 4.78 is 5.70. The van der Waals surface area contributed by atoms with Crippen molar-refractivity contribution in [3.63, 3.8) is 0 Å². The molecule has 1 heterocycles. The van der Waals surface area contributed by atoms with Gasteiger partial charge in [0.1, 0.15) is 11.5 Å². The van der Waals surface area contributed by atoms with E-state index in [4.69, 9.17) is 10.2 Å². The Kier molecular flexibility index (Phi) is 3.58. The van der Waals surface area contributed by atoms with E-state index in [1.807, 2.05) is 19.1 Å². The van der Waals surface area contributed by atoms with Crippen molar-refractivity contribution in [3.05, 3.63) is 23.7 Å². The highest BCUT2D eigenvalue weighted by molar-refractivity contribution is 5.12. The van der Waals surface area contributed by atoms with Crippen LogP contribution < -0.4 is 5.73 Å². The van der Waals surface area contributed by atoms with Crippen molar-refractivity contribution in [1.82, 2.24) is 4.90 Å². The van der Waals surface area contributed by atoms with Crippen LogP contribution in [-0.2, 0) is 0 Å². The second-order valence-corrected chi connectivity index (χ2v) is 5.01. The largest absolute Gasteiger partial charge is 0.465 e. The Hall–Kier alpha value is -0.800. The van der Waals surface area contributed by atoms with E-state index in [9.17, 15) is 0 Å². The zero-order chi connectivity index (χ0) is 11.6. The molecule has 1 aromatic heterocycles. The second-order valence-electron chi connectivity index (χ2n) is 5.01. The Bertz CT molecular complexity index is 315. The maximum atomic E-state index is 5.82. The van der Waals surface area contributed by atoms with Crippen LogP contribution in [0.5, 0.6) is 0 Å². The van der Waals surface area contributed by atoms with Gasteiger partial charge in [-0.15, -0.1) is 0 Å². The minimum atomic E-state index is 0.00773. The molecule has 1 unspecified atom stereocenters. The summed E-state index contributed by atoms with van der Waals surface area (Å²) in [6.45, 7) is 6.92. The zero-order valence-electron chi connectivity index (χ0n) is 10.4. The molecule has 1 rings (SSSR count). The van der Waals surface area contributed by atoms with Crippen molar-refractivity contribution >= 4 is 0 Å². The van der Waals surface area contributed by atoms with Crippen LogP contribution in [0.3, 0.4) is 0 Å². The summed E-state index contributed by atoms with van der Waals surface area (Å²) in [5, 5.41) is 0. The van der Waals surface area contributed by atoms with E-state index in [2.05, 4.69) is 32.8 Å². The van der Waals surface area contributed by atoms with Crippen molar-refractivity contribution in [1.29, 1.82) is 0 Å². The highest BCUT2D eigenvalue weighted by atomic mass is 16.3. The van der Waals surface area contributed by atoms with Crippen molar-refractivity contribution in [3.8, 4) is 0 Å². The van der Waals surface area contributed by atoms with Crippen LogP contribution in [-0.4, -0.2) is 25.5 Å². The van der Waals surface area contributed by atoms with Gasteiger partial charge in [0.2, 0.25) is 0 Å². The van der Waals surface area contributed by atoms with Crippen LogP contribution in [0.15, 0.2) is 16.5 Å². The first-order chi connectivity index (χ1) is 6.88. The van der Waals surface area contributed by atoms with Crippen LogP contribution in [0.1, 0.15) is 31.4 Å². The van der Waals surface area contributed by atoms with Crippen molar-refractivity contribution in [2.45, 2.75) is 26.8 Å². The summed E-state index contributed by atoms with van der Waals surface area (Å²) >= 11 is 0.